The Kier molecular flexibility index (Phi) is 2.47. The summed E-state index contributed by atoms with van der Waals surface area (Å²) < 4.78 is 0. The molecule has 1 aliphatic heterocycles. The van der Waals surface area contributed by atoms with E-state index in [1.54, 1.807) is 16.2 Å². The van der Waals surface area contributed by atoms with Crippen molar-refractivity contribution in [1.82, 2.24) is 9.88 Å². The number of amides is 1. The minimum atomic E-state index is -0.800. The predicted octanol–water partition coefficient (Wildman–Crippen LogP) is 1.90. The average Bonchev–Trinajstić information content (AvgIpc) is 2.68. The highest BCUT2D eigenvalue weighted by Crippen LogP contribution is 2.42. The van der Waals surface area contributed by atoms with Crippen LogP contribution in [0.2, 0.25) is 0 Å². The van der Waals surface area contributed by atoms with Crippen LogP contribution in [0, 0.1) is 0 Å². The van der Waals surface area contributed by atoms with Crippen molar-refractivity contribution in [3.05, 3.63) is 10.6 Å². The SMILES string of the molecule is Nc1nc2c(s1)CC[C@H]1[C@@H]2CCCN1C(=O)O. The first-order valence-corrected chi connectivity index (χ1v) is 6.73. The Hall–Kier alpha value is -1.30. The fraction of sp³-hybridized carbons (Fsp3) is 0.636. The van der Waals surface area contributed by atoms with Crippen LogP contribution in [-0.2, 0) is 6.42 Å². The number of piperidine rings is 1. The van der Waals surface area contributed by atoms with Gasteiger partial charge in [-0.25, -0.2) is 9.78 Å². The van der Waals surface area contributed by atoms with E-state index in [1.165, 1.54) is 4.88 Å². The van der Waals surface area contributed by atoms with Gasteiger partial charge in [-0.15, -0.1) is 11.3 Å². The van der Waals surface area contributed by atoms with Gasteiger partial charge in [0.05, 0.1) is 5.69 Å². The van der Waals surface area contributed by atoms with Gasteiger partial charge in [0, 0.05) is 23.4 Å². The van der Waals surface area contributed by atoms with Crippen LogP contribution >= 0.6 is 11.3 Å². The smallest absolute Gasteiger partial charge is 0.407 e. The second kappa shape index (κ2) is 3.87. The van der Waals surface area contributed by atoms with Crippen molar-refractivity contribution >= 4 is 22.6 Å². The van der Waals surface area contributed by atoms with E-state index in [4.69, 9.17) is 5.73 Å². The standard InChI is InChI=1S/C11H15N3O2S/c12-10-13-9-6-2-1-5-14(11(15)16)7(6)3-4-8(9)17-10/h6-7H,1-5H2,(H2,12,13)(H,15,16)/t6-,7-/m0/s1. The molecule has 1 aliphatic carbocycles. The first-order valence-electron chi connectivity index (χ1n) is 5.91. The lowest BCUT2D eigenvalue weighted by atomic mass is 9.79. The van der Waals surface area contributed by atoms with Crippen molar-refractivity contribution in [2.45, 2.75) is 37.6 Å². The molecule has 2 heterocycles. The van der Waals surface area contributed by atoms with Gasteiger partial charge in [0.1, 0.15) is 0 Å². The number of anilines is 1. The molecule has 0 spiro atoms. The number of nitrogen functional groups attached to an aromatic ring is 1. The molecule has 5 nitrogen and oxygen atoms in total. The maximum Gasteiger partial charge on any atom is 0.407 e. The van der Waals surface area contributed by atoms with E-state index in [0.717, 1.165) is 31.4 Å². The van der Waals surface area contributed by atoms with Crippen LogP contribution in [0.5, 0.6) is 0 Å². The summed E-state index contributed by atoms with van der Waals surface area (Å²) >= 11 is 1.56. The molecular formula is C11H15N3O2S. The molecule has 3 rings (SSSR count). The van der Waals surface area contributed by atoms with Crippen molar-refractivity contribution in [3.63, 3.8) is 0 Å². The van der Waals surface area contributed by atoms with Gasteiger partial charge in [-0.05, 0) is 25.7 Å². The van der Waals surface area contributed by atoms with E-state index in [0.29, 0.717) is 11.7 Å². The molecule has 17 heavy (non-hydrogen) atoms. The largest absolute Gasteiger partial charge is 0.465 e. The molecular weight excluding hydrogens is 238 g/mol. The summed E-state index contributed by atoms with van der Waals surface area (Å²) in [5, 5.41) is 9.83. The van der Waals surface area contributed by atoms with Crippen molar-refractivity contribution < 1.29 is 9.90 Å². The molecule has 0 bridgehead atoms. The van der Waals surface area contributed by atoms with Gasteiger partial charge in [-0.2, -0.15) is 0 Å². The van der Waals surface area contributed by atoms with Gasteiger partial charge in [-0.3, -0.25) is 0 Å². The van der Waals surface area contributed by atoms with Gasteiger partial charge in [-0.1, -0.05) is 0 Å². The lowest BCUT2D eigenvalue weighted by Crippen LogP contribution is -2.48. The summed E-state index contributed by atoms with van der Waals surface area (Å²) in [4.78, 5) is 18.5. The Morgan fingerprint density at radius 3 is 3.12 bits per heavy atom. The number of nitrogens with two attached hydrogens (primary N) is 1. The molecule has 0 radical (unpaired) electrons. The zero-order valence-electron chi connectivity index (χ0n) is 9.43. The van der Waals surface area contributed by atoms with Crippen LogP contribution in [0.1, 0.15) is 35.8 Å². The maximum atomic E-state index is 11.2. The number of thiazole rings is 1. The van der Waals surface area contributed by atoms with E-state index < -0.39 is 6.09 Å². The molecule has 0 unspecified atom stereocenters. The highest BCUT2D eigenvalue weighted by Gasteiger charge is 2.40. The minimum Gasteiger partial charge on any atom is -0.465 e. The van der Waals surface area contributed by atoms with Crippen molar-refractivity contribution in [2.75, 3.05) is 12.3 Å². The Labute approximate surface area is 103 Å². The number of rotatable bonds is 0. The normalized spacial score (nSPS) is 27.4. The van der Waals surface area contributed by atoms with Crippen LogP contribution in [-0.4, -0.2) is 33.7 Å². The Morgan fingerprint density at radius 2 is 2.35 bits per heavy atom. The number of carbonyl (C=O) groups is 1. The van der Waals surface area contributed by atoms with E-state index in [-0.39, 0.29) is 12.0 Å². The quantitative estimate of drug-likeness (QED) is 0.740. The first kappa shape index (κ1) is 10.8. The summed E-state index contributed by atoms with van der Waals surface area (Å²) in [6.07, 6.45) is 2.97. The molecule has 1 aromatic rings. The number of aromatic nitrogens is 1. The second-order valence-corrected chi connectivity index (χ2v) is 5.81. The van der Waals surface area contributed by atoms with E-state index in [9.17, 15) is 9.90 Å². The lowest BCUT2D eigenvalue weighted by molar-refractivity contribution is 0.0893. The summed E-state index contributed by atoms with van der Waals surface area (Å²) in [5.41, 5.74) is 6.82. The molecule has 6 heteroatoms. The molecule has 2 atom stereocenters. The number of carboxylic acid groups (broad SMARTS) is 1. The van der Waals surface area contributed by atoms with Crippen molar-refractivity contribution in [3.8, 4) is 0 Å². The number of nitrogens with zero attached hydrogens (tertiary/aromatic N) is 2. The Balaban J connectivity index is 1.95. The van der Waals surface area contributed by atoms with Gasteiger partial charge < -0.3 is 15.7 Å². The molecule has 2 aliphatic rings. The maximum absolute atomic E-state index is 11.2. The van der Waals surface area contributed by atoms with E-state index in [1.807, 2.05) is 0 Å². The van der Waals surface area contributed by atoms with Crippen LogP contribution in [0.3, 0.4) is 0 Å². The van der Waals surface area contributed by atoms with Crippen LogP contribution in [0.4, 0.5) is 9.93 Å². The predicted molar refractivity (Wildman–Crippen MR) is 65.3 cm³/mol. The highest BCUT2D eigenvalue weighted by atomic mass is 32.1. The minimum absolute atomic E-state index is 0.107. The van der Waals surface area contributed by atoms with Crippen LogP contribution in [0.15, 0.2) is 0 Å². The van der Waals surface area contributed by atoms with E-state index >= 15 is 0 Å². The molecule has 1 aromatic heterocycles. The monoisotopic (exact) mass is 253 g/mol. The lowest BCUT2D eigenvalue weighted by Gasteiger charge is -2.41. The van der Waals surface area contributed by atoms with Crippen molar-refractivity contribution in [2.24, 2.45) is 0 Å². The number of aryl methyl sites for hydroxylation is 1. The van der Waals surface area contributed by atoms with E-state index in [2.05, 4.69) is 4.98 Å². The zero-order valence-corrected chi connectivity index (χ0v) is 10.2. The molecule has 1 amide bonds. The molecule has 0 saturated carbocycles. The third kappa shape index (κ3) is 1.67. The Morgan fingerprint density at radius 1 is 1.53 bits per heavy atom. The topological polar surface area (TPSA) is 79.5 Å². The van der Waals surface area contributed by atoms with Gasteiger partial charge in [0.15, 0.2) is 5.13 Å². The first-order chi connectivity index (χ1) is 8.16. The third-order valence-electron chi connectivity index (χ3n) is 3.79. The second-order valence-electron chi connectivity index (χ2n) is 4.69. The summed E-state index contributed by atoms with van der Waals surface area (Å²) in [6.45, 7) is 0.658. The molecule has 1 fully saturated rings. The third-order valence-corrected chi connectivity index (χ3v) is 4.75. The summed E-state index contributed by atoms with van der Waals surface area (Å²) in [5.74, 6) is 0.261. The number of fused-ring (bicyclic) bond motifs is 3. The molecule has 0 aromatic carbocycles. The fourth-order valence-electron chi connectivity index (χ4n) is 3.10. The number of hydrogen-bond acceptors (Lipinski definition) is 4. The molecule has 92 valence electrons. The summed E-state index contributed by atoms with van der Waals surface area (Å²) in [6, 6.07) is 0.107. The van der Waals surface area contributed by atoms with Gasteiger partial charge in [0.25, 0.3) is 0 Å². The highest BCUT2D eigenvalue weighted by molar-refractivity contribution is 7.15. The number of hydrogen-bond donors (Lipinski definition) is 2. The number of likely N-dealkylation sites (tertiary alicyclic amines) is 1. The fourth-order valence-corrected chi connectivity index (χ4v) is 4.02. The molecule has 3 N–H and O–H groups in total. The van der Waals surface area contributed by atoms with Gasteiger partial charge in [0.2, 0.25) is 0 Å². The van der Waals surface area contributed by atoms with Crippen LogP contribution in [0.25, 0.3) is 0 Å². The average molecular weight is 253 g/mol. The van der Waals surface area contributed by atoms with Crippen LogP contribution < -0.4 is 5.73 Å². The summed E-state index contributed by atoms with van der Waals surface area (Å²) in [7, 11) is 0. The molecule has 1 saturated heterocycles. The van der Waals surface area contributed by atoms with Crippen molar-refractivity contribution in [1.29, 1.82) is 0 Å². The Bertz CT molecular complexity index is 460. The van der Waals surface area contributed by atoms with Gasteiger partial charge >= 0.3 is 6.09 Å². The zero-order chi connectivity index (χ0) is 12.0.